The molecule has 0 bridgehead atoms. The van der Waals surface area contributed by atoms with Crippen LogP contribution in [-0.2, 0) is 0 Å². The van der Waals surface area contributed by atoms with E-state index in [4.69, 9.17) is 28.4 Å². The molecule has 1 aliphatic rings. The maximum Gasteiger partial charge on any atom is 0.199 e. The zero-order valence-corrected chi connectivity index (χ0v) is 18.4. The number of nitrogens with one attached hydrogen (secondary N) is 1. The lowest BCUT2D eigenvalue weighted by Gasteiger charge is -2.19. The molecule has 156 valence electrons. The zero-order chi connectivity index (χ0) is 20.2. The Kier molecular flexibility index (Phi) is 10.6. The Morgan fingerprint density at radius 2 is 2.04 bits per heavy atom. The highest BCUT2D eigenvalue weighted by Crippen LogP contribution is 2.19. The molecule has 1 aliphatic heterocycles. The van der Waals surface area contributed by atoms with Gasteiger partial charge in [-0.1, -0.05) is 24.6 Å². The van der Waals surface area contributed by atoms with Crippen LogP contribution in [0.1, 0.15) is 38.5 Å². The average molecular weight is 424 g/mol. The van der Waals surface area contributed by atoms with E-state index < -0.39 is 0 Å². The fourth-order valence-corrected chi connectivity index (χ4v) is 4.06. The smallest absolute Gasteiger partial charge is 0.199 e. The molecule has 6 nitrogen and oxygen atoms in total. The van der Waals surface area contributed by atoms with Gasteiger partial charge >= 0.3 is 0 Å². The van der Waals surface area contributed by atoms with Gasteiger partial charge in [0.25, 0.3) is 0 Å². The average Bonchev–Trinajstić information content (AvgIpc) is 3.09. The van der Waals surface area contributed by atoms with E-state index in [9.17, 15) is 0 Å². The highest BCUT2D eigenvalue weighted by molar-refractivity contribution is 8.13. The van der Waals surface area contributed by atoms with Crippen molar-refractivity contribution < 1.29 is 4.74 Å². The third kappa shape index (κ3) is 8.77. The normalized spacial score (nSPS) is 17.6. The molecule has 1 aromatic carbocycles. The summed E-state index contributed by atoms with van der Waals surface area (Å²) in [6.07, 6.45) is 7.00. The van der Waals surface area contributed by atoms with E-state index in [0.29, 0.717) is 16.3 Å². The number of anilines is 1. The van der Waals surface area contributed by atoms with Crippen LogP contribution < -0.4 is 21.5 Å². The Hall–Kier alpha value is -1.35. The summed E-state index contributed by atoms with van der Waals surface area (Å²) in [4.78, 5) is 6.60. The lowest BCUT2D eigenvalue weighted by Crippen LogP contribution is -2.30. The van der Waals surface area contributed by atoms with Gasteiger partial charge in [0.05, 0.1) is 0 Å². The number of aliphatic imine (C=N–C) groups is 1. The molecule has 0 amide bonds. The number of unbranched alkanes of at least 4 members (excludes halogenated alkanes) is 3. The van der Waals surface area contributed by atoms with Crippen molar-refractivity contribution >= 4 is 39.9 Å². The number of nitrogens with zero attached hydrogens (tertiary/aromatic N) is 2. The monoisotopic (exact) mass is 423 g/mol. The van der Waals surface area contributed by atoms with E-state index in [1.807, 2.05) is 24.3 Å². The summed E-state index contributed by atoms with van der Waals surface area (Å²) in [5.74, 6) is 1.81. The van der Waals surface area contributed by atoms with Gasteiger partial charge in [-0.2, -0.15) is 4.99 Å². The maximum atomic E-state index is 5.95. The van der Waals surface area contributed by atoms with Gasteiger partial charge in [-0.3, -0.25) is 0 Å². The van der Waals surface area contributed by atoms with E-state index in [2.05, 4.69) is 22.3 Å². The molecular weight excluding hydrogens is 390 g/mol. The molecule has 1 fully saturated rings. The molecule has 0 radical (unpaired) electrons. The second-order valence-electron chi connectivity index (χ2n) is 7.04. The van der Waals surface area contributed by atoms with Crippen LogP contribution >= 0.6 is 24.0 Å². The lowest BCUT2D eigenvalue weighted by molar-refractivity contribution is 0.198. The summed E-state index contributed by atoms with van der Waals surface area (Å²) >= 11 is 6.81. The number of ether oxygens (including phenoxy) is 1. The molecule has 28 heavy (non-hydrogen) atoms. The van der Waals surface area contributed by atoms with E-state index in [0.717, 1.165) is 49.7 Å². The Morgan fingerprint density at radius 3 is 2.71 bits per heavy atom. The Labute approximate surface area is 178 Å². The molecule has 1 aromatic rings. The Balaban J connectivity index is 1.68. The third-order valence-electron chi connectivity index (χ3n) is 4.78. The molecule has 0 saturated carbocycles. The number of rotatable bonds is 10. The Bertz CT molecular complexity index is 624. The predicted octanol–water partition coefficient (Wildman–Crippen LogP) is 3.42. The summed E-state index contributed by atoms with van der Waals surface area (Å²) in [6.45, 7) is 2.65. The van der Waals surface area contributed by atoms with Crippen LogP contribution in [0.4, 0.5) is 5.69 Å². The molecule has 0 spiro atoms. The lowest BCUT2D eigenvalue weighted by atomic mass is 10.2. The summed E-state index contributed by atoms with van der Waals surface area (Å²) in [6, 6.07) is 8.29. The number of likely N-dealkylation sites (N-methyl/N-ethyl adjacent to an activating group) is 1. The maximum absolute atomic E-state index is 5.95. The van der Waals surface area contributed by atoms with E-state index in [1.54, 1.807) is 0 Å². The molecule has 1 saturated heterocycles. The first-order chi connectivity index (χ1) is 13.6. The van der Waals surface area contributed by atoms with Crippen LogP contribution in [0.2, 0.25) is 0 Å². The number of hydrogen-bond donors (Lipinski definition) is 3. The van der Waals surface area contributed by atoms with Gasteiger partial charge < -0.3 is 26.4 Å². The van der Waals surface area contributed by atoms with Gasteiger partial charge in [0.15, 0.2) is 10.3 Å². The molecule has 1 atom stereocenters. The van der Waals surface area contributed by atoms with Crippen molar-refractivity contribution in [3.8, 4) is 5.75 Å². The van der Waals surface area contributed by atoms with Gasteiger partial charge in [0.1, 0.15) is 12.4 Å². The summed E-state index contributed by atoms with van der Waals surface area (Å²) in [5.41, 5.74) is 12.3. The van der Waals surface area contributed by atoms with E-state index >= 15 is 0 Å². The molecule has 0 aromatic heterocycles. The first-order valence-corrected chi connectivity index (χ1v) is 11.4. The molecule has 1 heterocycles. The van der Waals surface area contributed by atoms with Crippen LogP contribution in [-0.4, -0.2) is 53.7 Å². The second-order valence-corrected chi connectivity index (χ2v) is 8.55. The zero-order valence-electron chi connectivity index (χ0n) is 16.7. The summed E-state index contributed by atoms with van der Waals surface area (Å²) in [7, 11) is 2.15. The highest BCUT2D eigenvalue weighted by Gasteiger charge is 2.21. The first kappa shape index (κ1) is 22.9. The highest BCUT2D eigenvalue weighted by atomic mass is 32.2. The molecule has 0 aliphatic carbocycles. The van der Waals surface area contributed by atoms with Crippen molar-refractivity contribution in [3.05, 3.63) is 24.3 Å². The molecule has 1 unspecified atom stereocenters. The quantitative estimate of drug-likeness (QED) is 0.230. The van der Waals surface area contributed by atoms with Crippen molar-refractivity contribution in [2.45, 2.75) is 44.6 Å². The van der Waals surface area contributed by atoms with Crippen LogP contribution in [0.25, 0.3) is 0 Å². The van der Waals surface area contributed by atoms with E-state index in [-0.39, 0.29) is 0 Å². The Morgan fingerprint density at radius 1 is 1.29 bits per heavy atom. The number of likely N-dealkylation sites (tertiary alicyclic amines) is 1. The molecule has 5 N–H and O–H groups in total. The number of benzene rings is 1. The van der Waals surface area contributed by atoms with E-state index in [1.165, 1.54) is 37.4 Å². The van der Waals surface area contributed by atoms with Crippen molar-refractivity contribution in [3.63, 3.8) is 0 Å². The molecular formula is C20H33N5OS2. The minimum absolute atomic E-state index is 0.370. The number of thiocarbonyl (C=S) groups is 1. The number of nitrogens with two attached hydrogens (primary N) is 2. The van der Waals surface area contributed by atoms with Crippen LogP contribution in [0.5, 0.6) is 5.75 Å². The molecule has 2 rings (SSSR count). The minimum Gasteiger partial charge on any atom is -0.492 e. The summed E-state index contributed by atoms with van der Waals surface area (Å²) < 4.78 is 5.90. The largest absolute Gasteiger partial charge is 0.492 e. The predicted molar refractivity (Wildman–Crippen MR) is 125 cm³/mol. The number of thioether (sulfide) groups is 1. The van der Waals surface area contributed by atoms with Crippen LogP contribution in [0, 0.1) is 0 Å². The van der Waals surface area contributed by atoms with Crippen molar-refractivity contribution in [1.82, 2.24) is 4.90 Å². The van der Waals surface area contributed by atoms with Crippen molar-refractivity contribution in [1.29, 1.82) is 0 Å². The van der Waals surface area contributed by atoms with Gasteiger partial charge in [0, 0.05) is 17.5 Å². The minimum atomic E-state index is 0.370. The third-order valence-corrected chi connectivity index (χ3v) is 5.85. The topological polar surface area (TPSA) is 88.9 Å². The van der Waals surface area contributed by atoms with Crippen LogP contribution in [0.15, 0.2) is 29.3 Å². The van der Waals surface area contributed by atoms with Crippen molar-refractivity contribution in [2.75, 3.05) is 37.8 Å². The first-order valence-electron chi connectivity index (χ1n) is 9.99. The fourth-order valence-electron chi connectivity index (χ4n) is 3.08. The SMILES string of the molecule is CN1CCCC1COc1ccc(NC(=S)/N=C(\N)SCCCCCCN)cc1. The van der Waals surface area contributed by atoms with Gasteiger partial charge in [-0.15, -0.1) is 0 Å². The standard InChI is InChI=1S/C20H33N5OS2/c1-25-13-6-7-17(25)15-26-18-10-8-16(9-11-18)23-20(27)24-19(22)28-14-5-3-2-4-12-21/h8-11,17H,2-7,12-15,21H2,1H3,(H3,22,23,24,27). The number of amidine groups is 1. The molecule has 8 heteroatoms. The summed E-state index contributed by atoms with van der Waals surface area (Å²) in [5, 5.41) is 3.96. The van der Waals surface area contributed by atoms with Crippen LogP contribution in [0.3, 0.4) is 0 Å². The van der Waals surface area contributed by atoms with Crippen molar-refractivity contribution in [2.24, 2.45) is 16.5 Å². The van der Waals surface area contributed by atoms with Gasteiger partial charge in [-0.05, 0) is 82.3 Å². The fraction of sp³-hybridized carbons (Fsp3) is 0.600. The van der Waals surface area contributed by atoms with Gasteiger partial charge in [-0.25, -0.2) is 0 Å². The number of hydrogen-bond acceptors (Lipinski definition) is 5. The van der Waals surface area contributed by atoms with Gasteiger partial charge in [0.2, 0.25) is 0 Å². The second kappa shape index (κ2) is 13.0.